The fourth-order valence-corrected chi connectivity index (χ4v) is 2.64. The number of Topliss-reactive ketones (excluding diaryl/α,β-unsaturated/α-hetero) is 1. The first kappa shape index (κ1) is 14.8. The third-order valence-corrected chi connectivity index (χ3v) is 3.90. The quantitative estimate of drug-likeness (QED) is 0.519. The van der Waals surface area contributed by atoms with Gasteiger partial charge in [-0.1, -0.05) is 57.7 Å². The van der Waals surface area contributed by atoms with Gasteiger partial charge in [0.1, 0.15) is 11.9 Å². The van der Waals surface area contributed by atoms with E-state index in [1.807, 2.05) is 24.3 Å². The predicted octanol–water partition coefficient (Wildman–Crippen LogP) is 4.94. The standard InChI is InChI=1S/C18H24O2/c1-3-4-5-6-7-8-12-16-14(2)18(19)15-11-9-10-13-17(15)20-16/h9-11,13,16H,2-8,12H2,1H3. The molecule has 0 saturated carbocycles. The molecule has 0 fully saturated rings. The first-order chi connectivity index (χ1) is 9.74. The molecule has 0 bridgehead atoms. The Balaban J connectivity index is 1.85. The first-order valence-corrected chi connectivity index (χ1v) is 7.73. The Bertz CT molecular complexity index is 476. The summed E-state index contributed by atoms with van der Waals surface area (Å²) in [6, 6.07) is 7.45. The molecular formula is C18H24O2. The minimum absolute atomic E-state index is 0.0443. The van der Waals surface area contributed by atoms with Crippen molar-refractivity contribution in [3.05, 3.63) is 42.0 Å². The molecule has 2 heteroatoms. The van der Waals surface area contributed by atoms with Crippen molar-refractivity contribution in [3.63, 3.8) is 0 Å². The first-order valence-electron chi connectivity index (χ1n) is 7.73. The summed E-state index contributed by atoms with van der Waals surface area (Å²) in [6.45, 7) is 6.15. The van der Waals surface area contributed by atoms with Gasteiger partial charge in [-0.2, -0.15) is 0 Å². The van der Waals surface area contributed by atoms with Crippen LogP contribution in [-0.2, 0) is 0 Å². The number of hydrogen-bond donors (Lipinski definition) is 0. The van der Waals surface area contributed by atoms with Crippen LogP contribution in [0.5, 0.6) is 5.75 Å². The van der Waals surface area contributed by atoms with Gasteiger partial charge in [0, 0.05) is 5.57 Å². The summed E-state index contributed by atoms with van der Waals surface area (Å²) in [4.78, 5) is 12.2. The fourth-order valence-electron chi connectivity index (χ4n) is 2.64. The number of unbranched alkanes of at least 4 members (excludes halogenated alkanes) is 5. The van der Waals surface area contributed by atoms with Gasteiger partial charge < -0.3 is 4.74 Å². The van der Waals surface area contributed by atoms with Crippen LogP contribution in [0.2, 0.25) is 0 Å². The molecule has 1 aliphatic rings. The van der Waals surface area contributed by atoms with E-state index in [0.717, 1.165) is 12.8 Å². The van der Waals surface area contributed by atoms with Crippen LogP contribution < -0.4 is 4.74 Å². The molecule has 0 saturated heterocycles. The molecule has 0 aliphatic carbocycles. The molecule has 1 aromatic rings. The largest absolute Gasteiger partial charge is 0.485 e. The Labute approximate surface area is 121 Å². The Morgan fingerprint density at radius 1 is 1.10 bits per heavy atom. The molecule has 1 unspecified atom stereocenters. The monoisotopic (exact) mass is 272 g/mol. The summed E-state index contributed by atoms with van der Waals surface area (Å²) >= 11 is 0. The Morgan fingerprint density at radius 2 is 1.80 bits per heavy atom. The number of rotatable bonds is 7. The highest BCUT2D eigenvalue weighted by Crippen LogP contribution is 2.31. The Kier molecular flexibility index (Phi) is 5.40. The molecular weight excluding hydrogens is 248 g/mol. The second kappa shape index (κ2) is 7.28. The zero-order valence-corrected chi connectivity index (χ0v) is 12.4. The molecule has 2 rings (SSSR count). The van der Waals surface area contributed by atoms with Crippen molar-refractivity contribution in [3.8, 4) is 5.75 Å². The van der Waals surface area contributed by atoms with Crippen LogP contribution in [0.15, 0.2) is 36.4 Å². The summed E-state index contributed by atoms with van der Waals surface area (Å²) in [6.07, 6.45) is 8.24. The van der Waals surface area contributed by atoms with E-state index in [0.29, 0.717) is 16.9 Å². The maximum atomic E-state index is 12.2. The number of para-hydroxylation sites is 1. The third kappa shape index (κ3) is 3.50. The maximum Gasteiger partial charge on any atom is 0.195 e. The summed E-state index contributed by atoms with van der Waals surface area (Å²) < 4.78 is 5.92. The van der Waals surface area contributed by atoms with Crippen molar-refractivity contribution >= 4 is 5.78 Å². The van der Waals surface area contributed by atoms with Gasteiger partial charge in [0.05, 0.1) is 5.56 Å². The van der Waals surface area contributed by atoms with E-state index in [1.54, 1.807) is 0 Å². The lowest BCUT2D eigenvalue weighted by Gasteiger charge is -2.27. The molecule has 0 N–H and O–H groups in total. The van der Waals surface area contributed by atoms with Crippen molar-refractivity contribution in [1.29, 1.82) is 0 Å². The van der Waals surface area contributed by atoms with Gasteiger partial charge in [-0.25, -0.2) is 0 Å². The number of hydrogen-bond acceptors (Lipinski definition) is 2. The molecule has 1 aliphatic heterocycles. The molecule has 108 valence electrons. The third-order valence-electron chi connectivity index (χ3n) is 3.90. The van der Waals surface area contributed by atoms with E-state index < -0.39 is 0 Å². The summed E-state index contributed by atoms with van der Waals surface area (Å²) in [7, 11) is 0. The second-order valence-electron chi connectivity index (χ2n) is 5.51. The van der Waals surface area contributed by atoms with Gasteiger partial charge >= 0.3 is 0 Å². The van der Waals surface area contributed by atoms with Crippen molar-refractivity contribution in [1.82, 2.24) is 0 Å². The van der Waals surface area contributed by atoms with Crippen molar-refractivity contribution in [2.75, 3.05) is 0 Å². The molecule has 1 atom stereocenters. The normalized spacial score (nSPS) is 17.8. The number of ether oxygens (including phenoxy) is 1. The van der Waals surface area contributed by atoms with Crippen LogP contribution in [0.25, 0.3) is 0 Å². The number of carbonyl (C=O) groups excluding carboxylic acids is 1. The molecule has 0 aromatic heterocycles. The number of benzene rings is 1. The lowest BCUT2D eigenvalue weighted by atomic mass is 9.93. The van der Waals surface area contributed by atoms with E-state index in [1.165, 1.54) is 32.1 Å². The van der Waals surface area contributed by atoms with Crippen molar-refractivity contribution in [2.45, 2.75) is 58.0 Å². The highest BCUT2D eigenvalue weighted by molar-refractivity contribution is 6.11. The van der Waals surface area contributed by atoms with E-state index in [-0.39, 0.29) is 11.9 Å². The molecule has 1 heterocycles. The fraction of sp³-hybridized carbons (Fsp3) is 0.500. The van der Waals surface area contributed by atoms with Gasteiger partial charge in [-0.15, -0.1) is 0 Å². The van der Waals surface area contributed by atoms with Crippen LogP contribution in [0.1, 0.15) is 62.2 Å². The Hall–Kier alpha value is -1.57. The summed E-state index contributed by atoms with van der Waals surface area (Å²) in [5.74, 6) is 0.753. The highest BCUT2D eigenvalue weighted by atomic mass is 16.5. The van der Waals surface area contributed by atoms with E-state index in [9.17, 15) is 4.79 Å². The molecule has 2 nitrogen and oxygen atoms in total. The lowest BCUT2D eigenvalue weighted by molar-refractivity contribution is 0.0955. The van der Waals surface area contributed by atoms with Gasteiger partial charge in [0.15, 0.2) is 5.78 Å². The second-order valence-corrected chi connectivity index (χ2v) is 5.51. The highest BCUT2D eigenvalue weighted by Gasteiger charge is 2.29. The van der Waals surface area contributed by atoms with Crippen LogP contribution >= 0.6 is 0 Å². The maximum absolute atomic E-state index is 12.2. The topological polar surface area (TPSA) is 26.3 Å². The van der Waals surface area contributed by atoms with Crippen molar-refractivity contribution < 1.29 is 9.53 Å². The molecule has 1 aromatic carbocycles. The van der Waals surface area contributed by atoms with Crippen LogP contribution in [0, 0.1) is 0 Å². The predicted molar refractivity (Wildman–Crippen MR) is 82.3 cm³/mol. The SMILES string of the molecule is C=C1C(=O)c2ccccc2OC1CCCCCCCC. The average Bonchev–Trinajstić information content (AvgIpc) is 2.47. The van der Waals surface area contributed by atoms with Gasteiger partial charge in [-0.05, 0) is 25.0 Å². The van der Waals surface area contributed by atoms with Crippen LogP contribution in [0.3, 0.4) is 0 Å². The molecule has 20 heavy (non-hydrogen) atoms. The van der Waals surface area contributed by atoms with E-state index >= 15 is 0 Å². The molecule has 0 radical (unpaired) electrons. The zero-order valence-electron chi connectivity index (χ0n) is 12.4. The summed E-state index contributed by atoms with van der Waals surface area (Å²) in [5, 5.41) is 0. The van der Waals surface area contributed by atoms with Gasteiger partial charge in [-0.3, -0.25) is 4.79 Å². The Morgan fingerprint density at radius 3 is 2.60 bits per heavy atom. The number of fused-ring (bicyclic) bond motifs is 1. The van der Waals surface area contributed by atoms with Crippen LogP contribution in [-0.4, -0.2) is 11.9 Å². The summed E-state index contributed by atoms with van der Waals surface area (Å²) in [5.41, 5.74) is 1.26. The van der Waals surface area contributed by atoms with Crippen LogP contribution in [0.4, 0.5) is 0 Å². The molecule has 0 amide bonds. The minimum Gasteiger partial charge on any atom is -0.485 e. The average molecular weight is 272 g/mol. The molecule has 0 spiro atoms. The minimum atomic E-state index is -0.136. The van der Waals surface area contributed by atoms with Crippen molar-refractivity contribution in [2.24, 2.45) is 0 Å². The number of carbonyl (C=O) groups is 1. The number of ketones is 1. The van der Waals surface area contributed by atoms with E-state index in [4.69, 9.17) is 4.74 Å². The zero-order chi connectivity index (χ0) is 14.4. The lowest BCUT2D eigenvalue weighted by Crippen LogP contribution is -2.29. The smallest absolute Gasteiger partial charge is 0.195 e. The van der Waals surface area contributed by atoms with Gasteiger partial charge in [0.25, 0.3) is 0 Å². The van der Waals surface area contributed by atoms with Gasteiger partial charge in [0.2, 0.25) is 0 Å². The van der Waals surface area contributed by atoms with E-state index in [2.05, 4.69) is 13.5 Å².